The number of benzene rings is 2. The SMILES string of the molecule is CC(CNc1ccccc1CS(C)(=O)=O)c1ccc(F)cc1. The smallest absolute Gasteiger partial charge is 0.151 e. The number of rotatable bonds is 6. The van der Waals surface area contributed by atoms with Crippen molar-refractivity contribution in [2.24, 2.45) is 0 Å². The number of hydrogen-bond acceptors (Lipinski definition) is 3. The van der Waals surface area contributed by atoms with E-state index < -0.39 is 9.84 Å². The molecule has 0 aliphatic rings. The number of sulfone groups is 1. The first-order valence-corrected chi connectivity index (χ1v) is 9.16. The van der Waals surface area contributed by atoms with Crippen molar-refractivity contribution in [2.75, 3.05) is 18.1 Å². The molecule has 2 aromatic rings. The summed E-state index contributed by atoms with van der Waals surface area (Å²) in [5, 5.41) is 3.29. The van der Waals surface area contributed by atoms with Crippen LogP contribution in [0.25, 0.3) is 0 Å². The van der Waals surface area contributed by atoms with Gasteiger partial charge in [-0.2, -0.15) is 0 Å². The molecule has 0 saturated carbocycles. The monoisotopic (exact) mass is 321 g/mol. The van der Waals surface area contributed by atoms with Gasteiger partial charge < -0.3 is 5.32 Å². The molecule has 0 amide bonds. The second-order valence-corrected chi connectivity index (χ2v) is 7.70. The van der Waals surface area contributed by atoms with Gasteiger partial charge in [0, 0.05) is 18.5 Å². The number of halogens is 1. The van der Waals surface area contributed by atoms with E-state index in [1.165, 1.54) is 18.4 Å². The van der Waals surface area contributed by atoms with Crippen molar-refractivity contribution >= 4 is 15.5 Å². The molecule has 0 aliphatic carbocycles. The zero-order valence-electron chi connectivity index (χ0n) is 12.7. The molecule has 0 heterocycles. The molecule has 1 atom stereocenters. The van der Waals surface area contributed by atoms with E-state index in [1.807, 2.05) is 31.2 Å². The van der Waals surface area contributed by atoms with Gasteiger partial charge in [0.05, 0.1) is 5.75 Å². The predicted octanol–water partition coefficient (Wildman–Crippen LogP) is 3.59. The van der Waals surface area contributed by atoms with E-state index in [-0.39, 0.29) is 17.5 Å². The van der Waals surface area contributed by atoms with Crippen LogP contribution >= 0.6 is 0 Å². The van der Waals surface area contributed by atoms with E-state index in [2.05, 4.69) is 5.32 Å². The van der Waals surface area contributed by atoms with Gasteiger partial charge in [0.1, 0.15) is 5.82 Å². The Morgan fingerprint density at radius 2 is 1.73 bits per heavy atom. The lowest BCUT2D eigenvalue weighted by molar-refractivity contribution is 0.601. The number of nitrogens with one attached hydrogen (secondary N) is 1. The van der Waals surface area contributed by atoms with Gasteiger partial charge in [-0.25, -0.2) is 12.8 Å². The fourth-order valence-corrected chi connectivity index (χ4v) is 3.09. The molecular weight excluding hydrogens is 301 g/mol. The Labute approximate surface area is 131 Å². The zero-order chi connectivity index (χ0) is 16.2. The standard InChI is InChI=1S/C17H20FNO2S/c1-13(14-7-9-16(18)10-8-14)11-19-17-6-4-3-5-15(17)12-22(2,20)21/h3-10,13,19H,11-12H2,1-2H3. The van der Waals surface area contributed by atoms with E-state index in [0.29, 0.717) is 6.54 Å². The van der Waals surface area contributed by atoms with Gasteiger partial charge in [0.2, 0.25) is 0 Å². The summed E-state index contributed by atoms with van der Waals surface area (Å²) < 4.78 is 35.9. The Bertz CT molecular complexity index is 727. The third-order valence-corrected chi connectivity index (χ3v) is 4.31. The van der Waals surface area contributed by atoms with Crippen LogP contribution in [-0.2, 0) is 15.6 Å². The van der Waals surface area contributed by atoms with Crippen LogP contribution in [0.15, 0.2) is 48.5 Å². The zero-order valence-corrected chi connectivity index (χ0v) is 13.5. The Kier molecular flexibility index (Phi) is 5.19. The highest BCUT2D eigenvalue weighted by molar-refractivity contribution is 7.89. The van der Waals surface area contributed by atoms with Crippen LogP contribution in [0, 0.1) is 5.82 Å². The lowest BCUT2D eigenvalue weighted by atomic mass is 10.0. The Morgan fingerprint density at radius 1 is 1.09 bits per heavy atom. The Balaban J connectivity index is 2.06. The average molecular weight is 321 g/mol. The van der Waals surface area contributed by atoms with Crippen molar-refractivity contribution < 1.29 is 12.8 Å². The van der Waals surface area contributed by atoms with E-state index in [4.69, 9.17) is 0 Å². The summed E-state index contributed by atoms with van der Waals surface area (Å²) in [6, 6.07) is 13.8. The molecular formula is C17H20FNO2S. The van der Waals surface area contributed by atoms with Crippen LogP contribution in [0.1, 0.15) is 24.0 Å². The van der Waals surface area contributed by atoms with Gasteiger partial charge in [0.15, 0.2) is 9.84 Å². The van der Waals surface area contributed by atoms with E-state index >= 15 is 0 Å². The normalized spacial score (nSPS) is 12.9. The molecule has 1 unspecified atom stereocenters. The van der Waals surface area contributed by atoms with Crippen LogP contribution in [0.5, 0.6) is 0 Å². The quantitative estimate of drug-likeness (QED) is 0.884. The molecule has 0 aromatic heterocycles. The average Bonchev–Trinajstić information content (AvgIpc) is 2.45. The summed E-state index contributed by atoms with van der Waals surface area (Å²) in [6.07, 6.45) is 1.23. The predicted molar refractivity (Wildman–Crippen MR) is 88.3 cm³/mol. The minimum Gasteiger partial charge on any atom is -0.384 e. The first kappa shape index (κ1) is 16.5. The first-order chi connectivity index (χ1) is 10.3. The molecule has 1 N–H and O–H groups in total. The summed E-state index contributed by atoms with van der Waals surface area (Å²) in [4.78, 5) is 0. The first-order valence-electron chi connectivity index (χ1n) is 7.10. The van der Waals surface area contributed by atoms with E-state index in [9.17, 15) is 12.8 Å². The van der Waals surface area contributed by atoms with Crippen molar-refractivity contribution in [3.63, 3.8) is 0 Å². The lowest BCUT2D eigenvalue weighted by Crippen LogP contribution is -2.12. The molecule has 3 nitrogen and oxygen atoms in total. The second kappa shape index (κ2) is 6.92. The summed E-state index contributed by atoms with van der Waals surface area (Å²) in [7, 11) is -3.08. The van der Waals surface area contributed by atoms with Crippen LogP contribution in [0.4, 0.5) is 10.1 Å². The van der Waals surface area contributed by atoms with E-state index in [1.54, 1.807) is 12.1 Å². The molecule has 5 heteroatoms. The topological polar surface area (TPSA) is 46.2 Å². The largest absolute Gasteiger partial charge is 0.384 e. The van der Waals surface area contributed by atoms with Gasteiger partial charge in [0.25, 0.3) is 0 Å². The van der Waals surface area contributed by atoms with Crippen molar-refractivity contribution in [1.82, 2.24) is 0 Å². The van der Waals surface area contributed by atoms with Crippen LogP contribution in [0.3, 0.4) is 0 Å². The Hall–Kier alpha value is -1.88. The second-order valence-electron chi connectivity index (χ2n) is 5.56. The van der Waals surface area contributed by atoms with Crippen LogP contribution in [0.2, 0.25) is 0 Å². The lowest BCUT2D eigenvalue weighted by Gasteiger charge is -2.16. The molecule has 0 fully saturated rings. The molecule has 0 spiro atoms. The highest BCUT2D eigenvalue weighted by Gasteiger charge is 2.10. The summed E-state index contributed by atoms with van der Waals surface area (Å²) in [5.41, 5.74) is 2.62. The highest BCUT2D eigenvalue weighted by Crippen LogP contribution is 2.21. The maximum absolute atomic E-state index is 12.9. The third kappa shape index (κ3) is 4.84. The van der Waals surface area contributed by atoms with Gasteiger partial charge in [-0.1, -0.05) is 37.3 Å². The number of anilines is 1. The van der Waals surface area contributed by atoms with Gasteiger partial charge in [-0.15, -0.1) is 0 Å². The van der Waals surface area contributed by atoms with Crippen LogP contribution < -0.4 is 5.32 Å². The van der Waals surface area contributed by atoms with Crippen molar-refractivity contribution in [3.05, 3.63) is 65.5 Å². The number of para-hydroxylation sites is 1. The minimum atomic E-state index is -3.08. The van der Waals surface area contributed by atoms with Gasteiger partial charge >= 0.3 is 0 Å². The molecule has 0 bridgehead atoms. The molecule has 2 rings (SSSR count). The summed E-state index contributed by atoms with van der Waals surface area (Å²) in [5.74, 6) is -0.0459. The maximum atomic E-state index is 12.9. The fourth-order valence-electron chi connectivity index (χ4n) is 2.27. The van der Waals surface area contributed by atoms with E-state index in [0.717, 1.165) is 16.8 Å². The van der Waals surface area contributed by atoms with Crippen LogP contribution in [-0.4, -0.2) is 21.2 Å². The molecule has 0 radical (unpaired) electrons. The molecule has 22 heavy (non-hydrogen) atoms. The van der Waals surface area contributed by atoms with Gasteiger partial charge in [-0.05, 0) is 35.2 Å². The minimum absolute atomic E-state index is 0.0150. The summed E-state index contributed by atoms with van der Waals surface area (Å²) in [6.45, 7) is 2.69. The Morgan fingerprint density at radius 3 is 2.36 bits per heavy atom. The summed E-state index contributed by atoms with van der Waals surface area (Å²) >= 11 is 0. The van der Waals surface area contributed by atoms with Crippen molar-refractivity contribution in [1.29, 1.82) is 0 Å². The van der Waals surface area contributed by atoms with Crippen molar-refractivity contribution in [2.45, 2.75) is 18.6 Å². The molecule has 2 aromatic carbocycles. The third-order valence-electron chi connectivity index (χ3n) is 3.47. The fraction of sp³-hybridized carbons (Fsp3) is 0.294. The van der Waals surface area contributed by atoms with Crippen molar-refractivity contribution in [3.8, 4) is 0 Å². The number of hydrogen-bond donors (Lipinski definition) is 1. The molecule has 0 saturated heterocycles. The maximum Gasteiger partial charge on any atom is 0.151 e. The molecule has 0 aliphatic heterocycles. The molecule has 118 valence electrons. The van der Waals surface area contributed by atoms with Gasteiger partial charge in [-0.3, -0.25) is 0 Å². The highest BCUT2D eigenvalue weighted by atomic mass is 32.2.